The summed E-state index contributed by atoms with van der Waals surface area (Å²) < 4.78 is 1.94. The van der Waals surface area contributed by atoms with Gasteiger partial charge in [0.1, 0.15) is 5.84 Å². The molecule has 0 aliphatic carbocycles. The Kier molecular flexibility index (Phi) is 6.05. The Balaban J connectivity index is 1.61. The number of carbonyl (C=O) groups is 1. The molecule has 0 spiro atoms. The van der Waals surface area contributed by atoms with E-state index >= 15 is 0 Å². The summed E-state index contributed by atoms with van der Waals surface area (Å²) in [5, 5.41) is 2.91. The zero-order valence-corrected chi connectivity index (χ0v) is 15.4. The molecule has 0 bridgehead atoms. The Morgan fingerprint density at radius 2 is 1.78 bits per heavy atom. The quantitative estimate of drug-likeness (QED) is 0.493. The maximum Gasteiger partial charge on any atom is 0.224 e. The lowest BCUT2D eigenvalue weighted by molar-refractivity contribution is -0.116. The van der Waals surface area contributed by atoms with Gasteiger partial charge in [-0.3, -0.25) is 4.79 Å². The minimum atomic E-state index is 0.0190. The van der Waals surface area contributed by atoms with Crippen molar-refractivity contribution in [2.45, 2.75) is 19.3 Å². The van der Waals surface area contributed by atoms with Gasteiger partial charge in [0.25, 0.3) is 0 Å². The highest BCUT2D eigenvalue weighted by molar-refractivity contribution is 5.98. The Hall–Kier alpha value is -3.34. The number of aliphatic imine (C=N–C) groups is 1. The first-order valence-corrected chi connectivity index (χ1v) is 9.02. The summed E-state index contributed by atoms with van der Waals surface area (Å²) in [5.74, 6) is 0.502. The molecule has 0 aliphatic heterocycles. The van der Waals surface area contributed by atoms with Crippen molar-refractivity contribution in [1.29, 1.82) is 0 Å². The zero-order valence-electron chi connectivity index (χ0n) is 15.4. The number of carbonyl (C=O) groups excluding carboxylic acids is 1. The Morgan fingerprint density at radius 3 is 2.52 bits per heavy atom. The summed E-state index contributed by atoms with van der Waals surface area (Å²) >= 11 is 0. The number of hydrogen-bond acceptors (Lipinski definition) is 2. The van der Waals surface area contributed by atoms with Crippen LogP contribution in [0.2, 0.25) is 0 Å². The van der Waals surface area contributed by atoms with Gasteiger partial charge in [-0.25, -0.2) is 4.99 Å². The van der Waals surface area contributed by atoms with Crippen LogP contribution < -0.4 is 11.1 Å². The molecule has 0 unspecified atom stereocenters. The maximum absolute atomic E-state index is 12.1. The number of anilines is 1. The van der Waals surface area contributed by atoms with E-state index in [0.717, 1.165) is 35.5 Å². The van der Waals surface area contributed by atoms with Crippen LogP contribution in [0.3, 0.4) is 0 Å². The first-order valence-electron chi connectivity index (χ1n) is 9.02. The van der Waals surface area contributed by atoms with Crippen LogP contribution in [0, 0.1) is 0 Å². The van der Waals surface area contributed by atoms with Crippen LogP contribution in [-0.4, -0.2) is 16.3 Å². The van der Waals surface area contributed by atoms with E-state index in [1.807, 2.05) is 84.5 Å². The van der Waals surface area contributed by atoms with Gasteiger partial charge in [-0.05, 0) is 48.7 Å². The number of para-hydroxylation sites is 2. The van der Waals surface area contributed by atoms with E-state index in [9.17, 15) is 4.79 Å². The SMILES string of the molecule is Cn1cccc1C(N)=Nc1ccccc1CCCC(=O)Nc1ccccc1. The van der Waals surface area contributed by atoms with Gasteiger partial charge in [0.2, 0.25) is 5.91 Å². The number of hydrogen-bond donors (Lipinski definition) is 2. The van der Waals surface area contributed by atoms with Crippen LogP contribution in [-0.2, 0) is 18.3 Å². The summed E-state index contributed by atoms with van der Waals surface area (Å²) in [5.41, 5.74) is 9.80. The van der Waals surface area contributed by atoms with Gasteiger partial charge in [-0.1, -0.05) is 36.4 Å². The average molecular weight is 360 g/mol. The number of nitrogens with two attached hydrogens (primary N) is 1. The standard InChI is InChI=1S/C22H24N4O/c1-26-16-8-14-20(26)22(23)25-19-13-6-5-9-17(19)10-7-15-21(27)24-18-11-3-2-4-12-18/h2-6,8-9,11-14,16H,7,10,15H2,1H3,(H2,23,25)(H,24,27). The van der Waals surface area contributed by atoms with E-state index in [-0.39, 0.29) is 5.91 Å². The highest BCUT2D eigenvalue weighted by Crippen LogP contribution is 2.21. The van der Waals surface area contributed by atoms with E-state index < -0.39 is 0 Å². The molecular formula is C22H24N4O. The summed E-state index contributed by atoms with van der Waals surface area (Å²) in [6, 6.07) is 21.3. The van der Waals surface area contributed by atoms with Crippen molar-refractivity contribution in [2.75, 3.05) is 5.32 Å². The minimum Gasteiger partial charge on any atom is -0.382 e. The zero-order chi connectivity index (χ0) is 19.1. The molecule has 1 amide bonds. The van der Waals surface area contributed by atoms with E-state index in [2.05, 4.69) is 10.3 Å². The van der Waals surface area contributed by atoms with Gasteiger partial charge in [0.15, 0.2) is 0 Å². The molecule has 0 saturated heterocycles. The van der Waals surface area contributed by atoms with Crippen molar-refractivity contribution < 1.29 is 4.79 Å². The largest absolute Gasteiger partial charge is 0.382 e. The third-order valence-corrected chi connectivity index (χ3v) is 4.35. The Labute approximate surface area is 159 Å². The fourth-order valence-corrected chi connectivity index (χ4v) is 2.93. The van der Waals surface area contributed by atoms with Crippen LogP contribution in [0.15, 0.2) is 77.9 Å². The lowest BCUT2D eigenvalue weighted by atomic mass is 10.1. The fraction of sp³-hybridized carbons (Fsp3) is 0.182. The molecular weight excluding hydrogens is 336 g/mol. The Morgan fingerprint density at radius 1 is 1.04 bits per heavy atom. The van der Waals surface area contributed by atoms with E-state index in [0.29, 0.717) is 12.3 Å². The number of rotatable bonds is 7. The number of amidine groups is 1. The predicted molar refractivity (Wildman–Crippen MR) is 110 cm³/mol. The summed E-state index contributed by atoms with van der Waals surface area (Å²) in [6.45, 7) is 0. The third kappa shape index (κ3) is 5.07. The molecule has 3 N–H and O–H groups in total. The molecule has 3 aromatic rings. The molecule has 3 rings (SSSR count). The molecule has 27 heavy (non-hydrogen) atoms. The third-order valence-electron chi connectivity index (χ3n) is 4.35. The number of benzene rings is 2. The van der Waals surface area contributed by atoms with Crippen LogP contribution in [0.4, 0.5) is 11.4 Å². The van der Waals surface area contributed by atoms with E-state index in [1.165, 1.54) is 0 Å². The summed E-state index contributed by atoms with van der Waals surface area (Å²) in [6.07, 6.45) is 3.91. The second kappa shape index (κ2) is 8.85. The first-order chi connectivity index (χ1) is 13.1. The summed E-state index contributed by atoms with van der Waals surface area (Å²) in [4.78, 5) is 16.7. The molecule has 5 nitrogen and oxygen atoms in total. The smallest absolute Gasteiger partial charge is 0.224 e. The monoisotopic (exact) mass is 360 g/mol. The second-order valence-corrected chi connectivity index (χ2v) is 6.40. The highest BCUT2D eigenvalue weighted by Gasteiger charge is 2.07. The van der Waals surface area contributed by atoms with Gasteiger partial charge in [0.05, 0.1) is 11.4 Å². The molecule has 0 atom stereocenters. The van der Waals surface area contributed by atoms with Gasteiger partial charge < -0.3 is 15.6 Å². The first kappa shape index (κ1) is 18.5. The van der Waals surface area contributed by atoms with Crippen molar-refractivity contribution in [2.24, 2.45) is 17.8 Å². The molecule has 0 saturated carbocycles. The van der Waals surface area contributed by atoms with Gasteiger partial charge >= 0.3 is 0 Å². The molecule has 1 aromatic heterocycles. The lowest BCUT2D eigenvalue weighted by Crippen LogP contribution is -2.16. The topological polar surface area (TPSA) is 72.4 Å². The normalized spacial score (nSPS) is 11.4. The van der Waals surface area contributed by atoms with Crippen LogP contribution in [0.5, 0.6) is 0 Å². The Bertz CT molecular complexity index is 928. The van der Waals surface area contributed by atoms with Crippen molar-refractivity contribution in [1.82, 2.24) is 4.57 Å². The number of nitrogens with zero attached hydrogens (tertiary/aromatic N) is 2. The van der Waals surface area contributed by atoms with Crippen LogP contribution in [0.1, 0.15) is 24.1 Å². The fourth-order valence-electron chi connectivity index (χ4n) is 2.93. The number of amides is 1. The number of nitrogens with one attached hydrogen (secondary N) is 1. The van der Waals surface area contributed by atoms with Gasteiger partial charge in [-0.2, -0.15) is 0 Å². The molecule has 5 heteroatoms. The molecule has 2 aromatic carbocycles. The molecule has 0 aliphatic rings. The number of aryl methyl sites for hydroxylation is 2. The van der Waals surface area contributed by atoms with Crippen molar-refractivity contribution >= 4 is 23.1 Å². The van der Waals surface area contributed by atoms with Gasteiger partial charge in [-0.15, -0.1) is 0 Å². The van der Waals surface area contributed by atoms with Crippen molar-refractivity contribution in [3.63, 3.8) is 0 Å². The highest BCUT2D eigenvalue weighted by atomic mass is 16.1. The van der Waals surface area contributed by atoms with Crippen LogP contribution >= 0.6 is 0 Å². The predicted octanol–water partition coefficient (Wildman–Crippen LogP) is 4.02. The molecule has 0 fully saturated rings. The summed E-state index contributed by atoms with van der Waals surface area (Å²) in [7, 11) is 1.94. The van der Waals surface area contributed by atoms with Crippen molar-refractivity contribution in [3.05, 3.63) is 84.2 Å². The maximum atomic E-state index is 12.1. The molecule has 138 valence electrons. The van der Waals surface area contributed by atoms with E-state index in [4.69, 9.17) is 5.73 Å². The van der Waals surface area contributed by atoms with Gasteiger partial charge in [0, 0.05) is 25.4 Å². The lowest BCUT2D eigenvalue weighted by Gasteiger charge is -2.08. The van der Waals surface area contributed by atoms with E-state index in [1.54, 1.807) is 0 Å². The second-order valence-electron chi connectivity index (χ2n) is 6.40. The molecule has 1 heterocycles. The average Bonchev–Trinajstić information content (AvgIpc) is 3.10. The molecule has 0 radical (unpaired) electrons. The van der Waals surface area contributed by atoms with Crippen LogP contribution in [0.25, 0.3) is 0 Å². The number of aromatic nitrogens is 1. The van der Waals surface area contributed by atoms with Crippen molar-refractivity contribution in [3.8, 4) is 0 Å². The minimum absolute atomic E-state index is 0.0190.